The molecule has 0 amide bonds. The third kappa shape index (κ3) is 1.81. The van der Waals surface area contributed by atoms with E-state index in [9.17, 15) is 0 Å². The van der Waals surface area contributed by atoms with E-state index in [0.29, 0.717) is 0 Å². The van der Waals surface area contributed by atoms with E-state index in [-0.39, 0.29) is 0 Å². The lowest BCUT2D eigenvalue weighted by atomic mass is 10.0. The molecule has 0 N–H and O–H groups in total. The standard InChI is InChI=1S/C20H14S2/c1-11-3-17-7-13-5-16-10-20-18(4-12(2)22-20)8-14(16)6-15(13)9-19(17)21-11/h3-10H,1-2H3. The van der Waals surface area contributed by atoms with Crippen LogP contribution in [0.1, 0.15) is 9.75 Å². The topological polar surface area (TPSA) is 0 Å². The quantitative estimate of drug-likeness (QED) is 0.269. The van der Waals surface area contributed by atoms with E-state index in [4.69, 9.17) is 0 Å². The maximum atomic E-state index is 2.34. The Kier molecular flexibility index (Phi) is 2.47. The van der Waals surface area contributed by atoms with Gasteiger partial charge in [-0.1, -0.05) is 0 Å². The van der Waals surface area contributed by atoms with Crippen molar-refractivity contribution in [3.05, 3.63) is 58.3 Å². The number of hydrogen-bond donors (Lipinski definition) is 0. The fourth-order valence-corrected chi connectivity index (χ4v) is 5.25. The number of thiophene rings is 2. The summed E-state index contributed by atoms with van der Waals surface area (Å²) in [6.07, 6.45) is 0. The Morgan fingerprint density at radius 1 is 0.455 bits per heavy atom. The lowest BCUT2D eigenvalue weighted by Gasteiger charge is -2.04. The fourth-order valence-electron chi connectivity index (χ4n) is 3.34. The molecule has 2 heterocycles. The average molecular weight is 318 g/mol. The van der Waals surface area contributed by atoms with Crippen molar-refractivity contribution in [3.63, 3.8) is 0 Å². The predicted octanol–water partition coefficient (Wildman–Crippen LogP) is 7.04. The summed E-state index contributed by atoms with van der Waals surface area (Å²) in [5, 5.41) is 8.09. The predicted molar refractivity (Wildman–Crippen MR) is 102 cm³/mol. The molecule has 0 aliphatic carbocycles. The van der Waals surface area contributed by atoms with Crippen molar-refractivity contribution in [2.45, 2.75) is 13.8 Å². The Balaban J connectivity index is 1.92. The van der Waals surface area contributed by atoms with Crippen molar-refractivity contribution in [2.75, 3.05) is 0 Å². The Labute approximate surface area is 136 Å². The minimum absolute atomic E-state index is 1.34. The van der Waals surface area contributed by atoms with Crippen LogP contribution in [0.3, 0.4) is 0 Å². The second-order valence-electron chi connectivity index (χ2n) is 6.04. The number of hydrogen-bond acceptors (Lipinski definition) is 2. The third-order valence-electron chi connectivity index (χ3n) is 4.31. The largest absolute Gasteiger partial charge is 0.141 e. The first kappa shape index (κ1) is 12.6. The molecule has 0 fully saturated rings. The SMILES string of the molecule is Cc1cc2cc3cc4cc5sc(C)cc5cc4cc3cc2s1. The molecule has 0 unspecified atom stereocenters. The van der Waals surface area contributed by atoms with Crippen LogP contribution in [0.25, 0.3) is 41.7 Å². The monoisotopic (exact) mass is 318 g/mol. The molecule has 0 spiro atoms. The molecule has 5 aromatic rings. The second kappa shape index (κ2) is 4.31. The molecule has 5 rings (SSSR count). The van der Waals surface area contributed by atoms with Crippen molar-refractivity contribution in [1.82, 2.24) is 0 Å². The maximum Gasteiger partial charge on any atom is 0.0351 e. The first-order valence-corrected chi connectivity index (χ1v) is 9.07. The van der Waals surface area contributed by atoms with Gasteiger partial charge in [-0.15, -0.1) is 22.7 Å². The highest BCUT2D eigenvalue weighted by Crippen LogP contribution is 2.34. The van der Waals surface area contributed by atoms with Gasteiger partial charge in [-0.3, -0.25) is 0 Å². The summed E-state index contributed by atoms with van der Waals surface area (Å²) < 4.78 is 2.77. The van der Waals surface area contributed by atoms with Gasteiger partial charge in [0.25, 0.3) is 0 Å². The zero-order valence-electron chi connectivity index (χ0n) is 12.4. The van der Waals surface area contributed by atoms with Crippen LogP contribution in [-0.4, -0.2) is 0 Å². The van der Waals surface area contributed by atoms with E-state index < -0.39 is 0 Å². The Morgan fingerprint density at radius 3 is 1.27 bits per heavy atom. The summed E-state index contributed by atoms with van der Waals surface area (Å²) in [6.45, 7) is 4.37. The normalized spacial score (nSPS) is 12.1. The lowest BCUT2D eigenvalue weighted by Crippen LogP contribution is -1.77. The number of benzene rings is 3. The molecule has 106 valence electrons. The first-order chi connectivity index (χ1) is 10.7. The molecule has 0 atom stereocenters. The Bertz CT molecular complexity index is 1010. The summed E-state index contributed by atoms with van der Waals surface area (Å²) in [4.78, 5) is 2.76. The molecule has 0 radical (unpaired) electrons. The van der Waals surface area contributed by atoms with Gasteiger partial charge in [0.05, 0.1) is 0 Å². The van der Waals surface area contributed by atoms with Crippen molar-refractivity contribution < 1.29 is 0 Å². The van der Waals surface area contributed by atoms with Gasteiger partial charge in [0.15, 0.2) is 0 Å². The van der Waals surface area contributed by atoms with E-state index in [1.807, 2.05) is 22.7 Å². The highest BCUT2D eigenvalue weighted by molar-refractivity contribution is 7.19. The van der Waals surface area contributed by atoms with Gasteiger partial charge in [0, 0.05) is 19.2 Å². The lowest BCUT2D eigenvalue weighted by molar-refractivity contribution is 1.66. The first-order valence-electron chi connectivity index (χ1n) is 7.44. The molecule has 0 nitrogen and oxygen atoms in total. The molecule has 0 aliphatic rings. The maximum absolute atomic E-state index is 2.34. The molecule has 0 saturated heterocycles. The van der Waals surface area contributed by atoms with Gasteiger partial charge < -0.3 is 0 Å². The summed E-state index contributed by atoms with van der Waals surface area (Å²) in [6, 6.07) is 18.6. The molecular weight excluding hydrogens is 304 g/mol. The third-order valence-corrected chi connectivity index (χ3v) is 6.34. The van der Waals surface area contributed by atoms with Crippen LogP contribution < -0.4 is 0 Å². The van der Waals surface area contributed by atoms with Crippen molar-refractivity contribution in [2.24, 2.45) is 0 Å². The van der Waals surface area contributed by atoms with Gasteiger partial charge in [-0.05, 0) is 94.7 Å². The molecule has 2 heteroatoms. The van der Waals surface area contributed by atoms with Crippen LogP contribution in [-0.2, 0) is 0 Å². The van der Waals surface area contributed by atoms with Crippen LogP contribution in [0.5, 0.6) is 0 Å². The zero-order chi connectivity index (χ0) is 14.8. The van der Waals surface area contributed by atoms with Crippen LogP contribution in [0.4, 0.5) is 0 Å². The van der Waals surface area contributed by atoms with Gasteiger partial charge in [-0.2, -0.15) is 0 Å². The van der Waals surface area contributed by atoms with Crippen LogP contribution in [0.15, 0.2) is 48.5 Å². The molecule has 22 heavy (non-hydrogen) atoms. The minimum atomic E-state index is 1.34. The van der Waals surface area contributed by atoms with Gasteiger partial charge >= 0.3 is 0 Å². The smallest absolute Gasteiger partial charge is 0.0351 e. The summed E-state index contributed by atoms with van der Waals surface area (Å²) in [5.74, 6) is 0. The molecule has 3 aromatic carbocycles. The molecule has 2 aromatic heterocycles. The van der Waals surface area contributed by atoms with Gasteiger partial charge in [0.2, 0.25) is 0 Å². The molecular formula is C20H14S2. The minimum Gasteiger partial charge on any atom is -0.141 e. The van der Waals surface area contributed by atoms with Crippen LogP contribution in [0.2, 0.25) is 0 Å². The zero-order valence-corrected chi connectivity index (χ0v) is 14.1. The van der Waals surface area contributed by atoms with Crippen molar-refractivity contribution in [1.29, 1.82) is 0 Å². The number of rotatable bonds is 0. The highest BCUT2D eigenvalue weighted by atomic mass is 32.1. The summed E-state index contributed by atoms with van der Waals surface area (Å²) >= 11 is 3.76. The van der Waals surface area contributed by atoms with E-state index in [0.717, 1.165) is 0 Å². The number of fused-ring (bicyclic) bond motifs is 4. The fraction of sp³-hybridized carbons (Fsp3) is 0.100. The molecule has 0 aliphatic heterocycles. The highest BCUT2D eigenvalue weighted by Gasteiger charge is 2.06. The molecule has 0 saturated carbocycles. The van der Waals surface area contributed by atoms with Crippen molar-refractivity contribution >= 4 is 64.4 Å². The van der Waals surface area contributed by atoms with E-state index in [2.05, 4.69) is 62.4 Å². The van der Waals surface area contributed by atoms with Gasteiger partial charge in [-0.25, -0.2) is 0 Å². The summed E-state index contributed by atoms with van der Waals surface area (Å²) in [7, 11) is 0. The van der Waals surface area contributed by atoms with Crippen LogP contribution in [0, 0.1) is 13.8 Å². The van der Waals surface area contributed by atoms with Crippen molar-refractivity contribution in [3.8, 4) is 0 Å². The van der Waals surface area contributed by atoms with E-state index >= 15 is 0 Å². The Hall–Kier alpha value is -1.90. The average Bonchev–Trinajstić information content (AvgIpc) is 2.99. The second-order valence-corrected chi connectivity index (χ2v) is 8.62. The van der Waals surface area contributed by atoms with Gasteiger partial charge in [0.1, 0.15) is 0 Å². The number of aryl methyl sites for hydroxylation is 2. The molecule has 0 bridgehead atoms. The summed E-state index contributed by atoms with van der Waals surface area (Å²) in [5.41, 5.74) is 0. The van der Waals surface area contributed by atoms with Crippen LogP contribution >= 0.6 is 22.7 Å². The van der Waals surface area contributed by atoms with E-state index in [1.54, 1.807) is 0 Å². The Morgan fingerprint density at radius 2 is 0.818 bits per heavy atom. The van der Waals surface area contributed by atoms with E-state index in [1.165, 1.54) is 51.5 Å².